The molecule has 3 aromatic rings. The zero-order chi connectivity index (χ0) is 16.9. The Bertz CT molecular complexity index is 1000. The Balaban J connectivity index is 2.03. The Labute approximate surface area is 139 Å². The lowest BCUT2D eigenvalue weighted by molar-refractivity contribution is 0.367. The van der Waals surface area contributed by atoms with E-state index in [1.165, 1.54) is 0 Å². The summed E-state index contributed by atoms with van der Waals surface area (Å²) in [4.78, 5) is 7.65. The summed E-state index contributed by atoms with van der Waals surface area (Å²) in [5, 5.41) is 18.2. The standard InChI is InChI=1S/C19H14N4O/c1-13-6-7-16-17(10-13)23-19(22-16)15(12-21)11-14-4-2-3-5-18(14)24-9-8-20/h2-7,10-11H,9H2,1H3,(H,22,23)/b15-11+. The third-order valence-electron chi connectivity index (χ3n) is 3.52. The van der Waals surface area contributed by atoms with Crippen LogP contribution in [0.1, 0.15) is 17.0 Å². The summed E-state index contributed by atoms with van der Waals surface area (Å²) in [5.41, 5.74) is 3.94. The van der Waals surface area contributed by atoms with Gasteiger partial charge in [-0.05, 0) is 36.8 Å². The molecule has 0 atom stereocenters. The van der Waals surface area contributed by atoms with Crippen molar-refractivity contribution < 1.29 is 4.74 Å². The normalized spacial score (nSPS) is 11.0. The number of nitriles is 2. The van der Waals surface area contributed by atoms with Gasteiger partial charge in [0.05, 0.1) is 16.6 Å². The van der Waals surface area contributed by atoms with E-state index in [1.54, 1.807) is 12.1 Å². The zero-order valence-corrected chi connectivity index (χ0v) is 13.1. The third kappa shape index (κ3) is 3.11. The number of para-hydroxylation sites is 1. The fourth-order valence-electron chi connectivity index (χ4n) is 2.40. The van der Waals surface area contributed by atoms with Gasteiger partial charge in [-0.1, -0.05) is 24.3 Å². The Hall–Kier alpha value is -3.57. The van der Waals surface area contributed by atoms with Crippen molar-refractivity contribution in [1.29, 1.82) is 10.5 Å². The van der Waals surface area contributed by atoms with Crippen LogP contribution in [0, 0.1) is 29.6 Å². The Morgan fingerprint density at radius 3 is 2.88 bits per heavy atom. The number of hydrogen-bond acceptors (Lipinski definition) is 4. The molecule has 5 heteroatoms. The molecule has 0 aliphatic carbocycles. The van der Waals surface area contributed by atoms with E-state index in [1.807, 2.05) is 49.4 Å². The Morgan fingerprint density at radius 2 is 2.08 bits per heavy atom. The number of nitrogens with zero attached hydrogens (tertiary/aromatic N) is 3. The number of hydrogen-bond donors (Lipinski definition) is 1. The topological polar surface area (TPSA) is 85.5 Å². The van der Waals surface area contributed by atoms with E-state index in [0.717, 1.165) is 22.2 Å². The number of imidazole rings is 1. The van der Waals surface area contributed by atoms with Crippen LogP contribution in [0.15, 0.2) is 42.5 Å². The van der Waals surface area contributed by atoms with E-state index >= 15 is 0 Å². The van der Waals surface area contributed by atoms with Crippen molar-refractivity contribution >= 4 is 22.7 Å². The van der Waals surface area contributed by atoms with Crippen LogP contribution in [-0.4, -0.2) is 16.6 Å². The van der Waals surface area contributed by atoms with Crippen LogP contribution in [-0.2, 0) is 0 Å². The number of benzene rings is 2. The molecule has 0 aliphatic rings. The molecule has 0 fully saturated rings. The van der Waals surface area contributed by atoms with Crippen LogP contribution in [0.3, 0.4) is 0 Å². The van der Waals surface area contributed by atoms with E-state index < -0.39 is 0 Å². The largest absolute Gasteiger partial charge is 0.478 e. The third-order valence-corrected chi connectivity index (χ3v) is 3.52. The molecule has 0 radical (unpaired) electrons. The molecule has 0 aliphatic heterocycles. The van der Waals surface area contributed by atoms with Gasteiger partial charge in [0.15, 0.2) is 6.61 Å². The van der Waals surface area contributed by atoms with Crippen molar-refractivity contribution in [1.82, 2.24) is 9.97 Å². The first-order valence-corrected chi connectivity index (χ1v) is 7.38. The predicted molar refractivity (Wildman–Crippen MR) is 91.9 cm³/mol. The molecule has 1 aromatic heterocycles. The molecule has 3 rings (SSSR count). The minimum Gasteiger partial charge on any atom is -0.478 e. The van der Waals surface area contributed by atoms with E-state index in [-0.39, 0.29) is 6.61 Å². The van der Waals surface area contributed by atoms with E-state index in [2.05, 4.69) is 16.0 Å². The maximum absolute atomic E-state index is 9.52. The smallest absolute Gasteiger partial charge is 0.174 e. The quantitative estimate of drug-likeness (QED) is 0.741. The van der Waals surface area contributed by atoms with Crippen LogP contribution >= 0.6 is 0 Å². The average molecular weight is 314 g/mol. The molecule has 0 unspecified atom stereocenters. The molecule has 5 nitrogen and oxygen atoms in total. The second-order valence-corrected chi connectivity index (χ2v) is 5.26. The molecule has 1 N–H and O–H groups in total. The van der Waals surface area contributed by atoms with Crippen molar-refractivity contribution in [2.75, 3.05) is 6.61 Å². The zero-order valence-electron chi connectivity index (χ0n) is 13.1. The van der Waals surface area contributed by atoms with Gasteiger partial charge in [-0.3, -0.25) is 0 Å². The maximum Gasteiger partial charge on any atom is 0.174 e. The summed E-state index contributed by atoms with van der Waals surface area (Å²) in [6.45, 7) is 1.96. The Morgan fingerprint density at radius 1 is 1.25 bits per heavy atom. The first-order chi connectivity index (χ1) is 11.7. The number of H-pyrrole nitrogens is 1. The molecular weight excluding hydrogens is 300 g/mol. The summed E-state index contributed by atoms with van der Waals surface area (Å²) >= 11 is 0. The molecule has 0 saturated carbocycles. The van der Waals surface area contributed by atoms with Crippen molar-refractivity contribution in [2.45, 2.75) is 6.92 Å². The molecule has 2 aromatic carbocycles. The van der Waals surface area contributed by atoms with Gasteiger partial charge >= 0.3 is 0 Å². The summed E-state index contributed by atoms with van der Waals surface area (Å²) in [7, 11) is 0. The predicted octanol–water partition coefficient (Wildman–Crippen LogP) is 3.84. The second kappa shape index (κ2) is 6.68. The molecular formula is C19H14N4O. The number of aromatic amines is 1. The highest BCUT2D eigenvalue weighted by Gasteiger charge is 2.10. The molecule has 24 heavy (non-hydrogen) atoms. The van der Waals surface area contributed by atoms with Gasteiger partial charge in [0.1, 0.15) is 23.7 Å². The SMILES string of the molecule is Cc1ccc2nc(/C(C#N)=C/c3ccccc3OCC#N)[nH]c2c1. The van der Waals surface area contributed by atoms with Gasteiger partial charge in [-0.25, -0.2) is 4.98 Å². The number of fused-ring (bicyclic) bond motifs is 1. The second-order valence-electron chi connectivity index (χ2n) is 5.26. The molecule has 0 spiro atoms. The van der Waals surface area contributed by atoms with Crippen molar-refractivity contribution in [3.8, 4) is 17.9 Å². The molecule has 0 amide bonds. The van der Waals surface area contributed by atoms with Crippen molar-refractivity contribution in [2.24, 2.45) is 0 Å². The summed E-state index contributed by atoms with van der Waals surface area (Å²) in [6, 6.07) is 17.3. The molecule has 1 heterocycles. The first-order valence-electron chi connectivity index (χ1n) is 7.38. The van der Waals surface area contributed by atoms with E-state index in [9.17, 15) is 5.26 Å². The van der Waals surface area contributed by atoms with Crippen molar-refractivity contribution in [3.63, 3.8) is 0 Å². The molecule has 0 bridgehead atoms. The lowest BCUT2D eigenvalue weighted by atomic mass is 10.1. The maximum atomic E-state index is 9.52. The van der Waals surface area contributed by atoms with Gasteiger partial charge in [0.25, 0.3) is 0 Å². The number of rotatable bonds is 4. The summed E-state index contributed by atoms with van der Waals surface area (Å²) in [5.74, 6) is 1.06. The number of ether oxygens (including phenoxy) is 1. The molecule has 116 valence electrons. The average Bonchev–Trinajstić information content (AvgIpc) is 3.01. The number of aromatic nitrogens is 2. The number of aryl methyl sites for hydroxylation is 1. The number of allylic oxidation sites excluding steroid dienone is 1. The minimum absolute atomic E-state index is 0.0450. The van der Waals surface area contributed by atoms with Gasteiger partial charge in [0, 0.05) is 5.56 Å². The lowest BCUT2D eigenvalue weighted by Gasteiger charge is -2.05. The van der Waals surface area contributed by atoms with Gasteiger partial charge in [-0.15, -0.1) is 0 Å². The minimum atomic E-state index is -0.0450. The van der Waals surface area contributed by atoms with E-state index in [4.69, 9.17) is 10.00 Å². The fraction of sp³-hybridized carbons (Fsp3) is 0.105. The molecule has 0 saturated heterocycles. The first kappa shape index (κ1) is 15.3. The monoisotopic (exact) mass is 314 g/mol. The van der Waals surface area contributed by atoms with Crippen LogP contribution < -0.4 is 4.74 Å². The summed E-state index contributed by atoms with van der Waals surface area (Å²) in [6.07, 6.45) is 1.71. The van der Waals surface area contributed by atoms with Crippen LogP contribution in [0.25, 0.3) is 22.7 Å². The van der Waals surface area contributed by atoms with Crippen LogP contribution in [0.5, 0.6) is 5.75 Å². The van der Waals surface area contributed by atoms with Gasteiger partial charge < -0.3 is 9.72 Å². The Kier molecular flexibility index (Phi) is 4.27. The fourth-order valence-corrected chi connectivity index (χ4v) is 2.40. The van der Waals surface area contributed by atoms with Gasteiger partial charge in [-0.2, -0.15) is 10.5 Å². The summed E-state index contributed by atoms with van der Waals surface area (Å²) < 4.78 is 5.40. The van der Waals surface area contributed by atoms with E-state index in [0.29, 0.717) is 17.1 Å². The van der Waals surface area contributed by atoms with Crippen molar-refractivity contribution in [3.05, 3.63) is 59.4 Å². The van der Waals surface area contributed by atoms with Gasteiger partial charge in [0.2, 0.25) is 0 Å². The lowest BCUT2D eigenvalue weighted by Crippen LogP contribution is -1.95. The van der Waals surface area contributed by atoms with Crippen LogP contribution in [0.2, 0.25) is 0 Å². The highest BCUT2D eigenvalue weighted by atomic mass is 16.5. The van der Waals surface area contributed by atoms with Crippen LogP contribution in [0.4, 0.5) is 0 Å². The number of nitrogens with one attached hydrogen (secondary N) is 1. The highest BCUT2D eigenvalue weighted by Crippen LogP contribution is 2.25. The highest BCUT2D eigenvalue weighted by molar-refractivity contribution is 5.91.